The predicted molar refractivity (Wildman–Crippen MR) is 76.2 cm³/mol. The van der Waals surface area contributed by atoms with Crippen molar-refractivity contribution in [3.05, 3.63) is 0 Å². The van der Waals surface area contributed by atoms with Gasteiger partial charge < -0.3 is 15.3 Å². The monoisotopic (exact) mass is 272 g/mol. The van der Waals surface area contributed by atoms with E-state index in [1.165, 1.54) is 4.90 Å². The van der Waals surface area contributed by atoms with Crippen molar-refractivity contribution in [3.8, 4) is 0 Å². The largest absolute Gasteiger partial charge is 0.481 e. The summed E-state index contributed by atoms with van der Waals surface area (Å²) in [5.41, 5.74) is -0.144. The molecule has 112 valence electrons. The molecule has 0 spiro atoms. The molecule has 0 aromatic rings. The van der Waals surface area contributed by atoms with Gasteiger partial charge in [0.1, 0.15) is 0 Å². The van der Waals surface area contributed by atoms with Crippen LogP contribution in [0.25, 0.3) is 0 Å². The number of aliphatic carboxylic acids is 1. The maximum absolute atomic E-state index is 12.0. The van der Waals surface area contributed by atoms with Gasteiger partial charge in [-0.25, -0.2) is 4.79 Å². The van der Waals surface area contributed by atoms with Crippen molar-refractivity contribution in [1.82, 2.24) is 10.2 Å². The SMILES string of the molecule is CN(CCCC(=O)O)C(=O)NC(C)(C)CC(C)(C)C. The van der Waals surface area contributed by atoms with Gasteiger partial charge in [-0.15, -0.1) is 0 Å². The molecule has 0 aromatic heterocycles. The second-order valence-corrected chi connectivity index (χ2v) is 6.97. The van der Waals surface area contributed by atoms with Gasteiger partial charge in [0.05, 0.1) is 0 Å². The zero-order chi connectivity index (χ0) is 15.3. The van der Waals surface area contributed by atoms with Gasteiger partial charge >= 0.3 is 12.0 Å². The van der Waals surface area contributed by atoms with Crippen LogP contribution in [0.4, 0.5) is 4.79 Å². The average molecular weight is 272 g/mol. The third-order valence-electron chi connectivity index (χ3n) is 2.65. The molecule has 2 amide bonds. The second kappa shape index (κ2) is 6.78. The number of nitrogens with zero attached hydrogens (tertiary/aromatic N) is 1. The smallest absolute Gasteiger partial charge is 0.317 e. The fourth-order valence-electron chi connectivity index (χ4n) is 2.32. The van der Waals surface area contributed by atoms with E-state index in [0.717, 1.165) is 6.42 Å². The molecule has 0 atom stereocenters. The minimum Gasteiger partial charge on any atom is -0.481 e. The number of carbonyl (C=O) groups excluding carboxylic acids is 1. The van der Waals surface area contributed by atoms with E-state index in [2.05, 4.69) is 26.1 Å². The van der Waals surface area contributed by atoms with E-state index in [1.54, 1.807) is 7.05 Å². The van der Waals surface area contributed by atoms with Gasteiger partial charge in [-0.1, -0.05) is 20.8 Å². The van der Waals surface area contributed by atoms with Gasteiger partial charge in [-0.3, -0.25) is 4.79 Å². The number of hydrogen-bond acceptors (Lipinski definition) is 2. The van der Waals surface area contributed by atoms with Crippen LogP contribution in [-0.4, -0.2) is 41.1 Å². The standard InChI is InChI=1S/C14H28N2O3/c1-13(2,3)10-14(4,5)15-12(19)16(6)9-7-8-11(17)18/h7-10H2,1-6H3,(H,15,19)(H,17,18). The number of carbonyl (C=O) groups is 2. The maximum atomic E-state index is 12.0. The van der Waals surface area contributed by atoms with Crippen LogP contribution < -0.4 is 5.32 Å². The number of nitrogens with one attached hydrogen (secondary N) is 1. The van der Waals surface area contributed by atoms with Crippen LogP contribution in [0.2, 0.25) is 0 Å². The molecule has 0 aromatic carbocycles. The number of carboxylic acids is 1. The third-order valence-corrected chi connectivity index (χ3v) is 2.65. The van der Waals surface area contributed by atoms with E-state index in [1.807, 2.05) is 13.8 Å². The van der Waals surface area contributed by atoms with Crippen LogP contribution in [0.3, 0.4) is 0 Å². The van der Waals surface area contributed by atoms with Crippen molar-refractivity contribution in [3.63, 3.8) is 0 Å². The first-order chi connectivity index (χ1) is 8.43. The lowest BCUT2D eigenvalue weighted by molar-refractivity contribution is -0.137. The summed E-state index contributed by atoms with van der Waals surface area (Å²) in [6.07, 6.45) is 1.43. The quantitative estimate of drug-likeness (QED) is 0.781. The second-order valence-electron chi connectivity index (χ2n) is 6.97. The Morgan fingerprint density at radius 1 is 1.16 bits per heavy atom. The van der Waals surface area contributed by atoms with E-state index in [9.17, 15) is 9.59 Å². The molecule has 0 aliphatic carbocycles. The van der Waals surface area contributed by atoms with Gasteiger partial charge in [0.2, 0.25) is 0 Å². The summed E-state index contributed by atoms with van der Waals surface area (Å²) in [7, 11) is 1.68. The Kier molecular flexibility index (Phi) is 6.33. The molecule has 0 aliphatic heterocycles. The van der Waals surface area contributed by atoms with Crippen molar-refractivity contribution < 1.29 is 14.7 Å². The molecule has 5 nitrogen and oxygen atoms in total. The highest BCUT2D eigenvalue weighted by Gasteiger charge is 2.27. The number of amides is 2. The van der Waals surface area contributed by atoms with Crippen molar-refractivity contribution >= 4 is 12.0 Å². The van der Waals surface area contributed by atoms with Gasteiger partial charge in [-0.05, 0) is 32.1 Å². The van der Waals surface area contributed by atoms with Gasteiger partial charge in [0.25, 0.3) is 0 Å². The van der Waals surface area contributed by atoms with Crippen molar-refractivity contribution in [2.24, 2.45) is 5.41 Å². The summed E-state index contributed by atoms with van der Waals surface area (Å²) in [6.45, 7) is 10.9. The molecular weight excluding hydrogens is 244 g/mol. The Hall–Kier alpha value is -1.26. The Labute approximate surface area is 116 Å². The molecule has 0 aliphatic rings. The average Bonchev–Trinajstić information content (AvgIpc) is 2.11. The molecule has 0 saturated carbocycles. The Bertz CT molecular complexity index is 319. The topological polar surface area (TPSA) is 69.6 Å². The van der Waals surface area contributed by atoms with Gasteiger partial charge in [0, 0.05) is 25.6 Å². The van der Waals surface area contributed by atoms with Crippen molar-refractivity contribution in [2.45, 2.75) is 59.4 Å². The van der Waals surface area contributed by atoms with E-state index in [0.29, 0.717) is 13.0 Å². The van der Waals surface area contributed by atoms with Crippen LogP contribution in [0.15, 0.2) is 0 Å². The minimum atomic E-state index is -0.832. The first-order valence-electron chi connectivity index (χ1n) is 6.68. The molecule has 0 rings (SSSR count). The Balaban J connectivity index is 4.24. The number of hydrogen-bond donors (Lipinski definition) is 2. The summed E-state index contributed by atoms with van der Waals surface area (Å²) >= 11 is 0. The summed E-state index contributed by atoms with van der Waals surface area (Å²) in [4.78, 5) is 23.9. The van der Waals surface area contributed by atoms with E-state index in [4.69, 9.17) is 5.11 Å². The maximum Gasteiger partial charge on any atom is 0.317 e. The van der Waals surface area contributed by atoms with E-state index < -0.39 is 5.97 Å². The number of urea groups is 1. The van der Waals surface area contributed by atoms with Crippen LogP contribution in [-0.2, 0) is 4.79 Å². The lowest BCUT2D eigenvalue weighted by Gasteiger charge is -2.34. The molecule has 0 saturated heterocycles. The van der Waals surface area contributed by atoms with Crippen molar-refractivity contribution in [1.29, 1.82) is 0 Å². The molecule has 0 bridgehead atoms. The first-order valence-corrected chi connectivity index (χ1v) is 6.68. The van der Waals surface area contributed by atoms with Crippen LogP contribution in [0.5, 0.6) is 0 Å². The van der Waals surface area contributed by atoms with E-state index in [-0.39, 0.29) is 23.4 Å². The van der Waals surface area contributed by atoms with Crippen LogP contribution in [0, 0.1) is 5.41 Å². The molecule has 0 fully saturated rings. The molecule has 5 heteroatoms. The van der Waals surface area contributed by atoms with E-state index >= 15 is 0 Å². The summed E-state index contributed by atoms with van der Waals surface area (Å²) in [5, 5.41) is 11.6. The minimum absolute atomic E-state index is 0.0863. The predicted octanol–water partition coefficient (Wildman–Crippen LogP) is 2.71. The highest BCUT2D eigenvalue weighted by molar-refractivity contribution is 5.74. The Morgan fingerprint density at radius 3 is 2.11 bits per heavy atom. The molecule has 2 N–H and O–H groups in total. The zero-order valence-corrected chi connectivity index (χ0v) is 13.0. The molecule has 19 heavy (non-hydrogen) atoms. The number of carboxylic acid groups (broad SMARTS) is 1. The summed E-state index contributed by atoms with van der Waals surface area (Å²) in [5.74, 6) is -0.832. The molecule has 0 radical (unpaired) electrons. The fraction of sp³-hybridized carbons (Fsp3) is 0.857. The van der Waals surface area contributed by atoms with Crippen molar-refractivity contribution in [2.75, 3.05) is 13.6 Å². The van der Waals surface area contributed by atoms with Crippen LogP contribution >= 0.6 is 0 Å². The van der Waals surface area contributed by atoms with Gasteiger partial charge in [0.15, 0.2) is 0 Å². The lowest BCUT2D eigenvalue weighted by atomic mass is 9.82. The molecule has 0 heterocycles. The zero-order valence-electron chi connectivity index (χ0n) is 13.0. The molecular formula is C14H28N2O3. The summed E-state index contributed by atoms with van der Waals surface area (Å²) < 4.78 is 0. The molecule has 0 unspecified atom stereocenters. The summed E-state index contributed by atoms with van der Waals surface area (Å²) in [6, 6.07) is -0.153. The number of rotatable bonds is 6. The van der Waals surface area contributed by atoms with Gasteiger partial charge in [-0.2, -0.15) is 0 Å². The highest BCUT2D eigenvalue weighted by Crippen LogP contribution is 2.26. The lowest BCUT2D eigenvalue weighted by Crippen LogP contribution is -2.50. The first kappa shape index (κ1) is 17.7. The fourth-order valence-corrected chi connectivity index (χ4v) is 2.32. The third kappa shape index (κ3) is 9.33. The van der Waals surface area contributed by atoms with Crippen LogP contribution in [0.1, 0.15) is 53.9 Å². The highest BCUT2D eigenvalue weighted by atomic mass is 16.4. The Morgan fingerprint density at radius 2 is 1.68 bits per heavy atom. The normalized spacial score (nSPS) is 12.1.